The molecule has 0 fully saturated rings. The van der Waals surface area contributed by atoms with Crippen LogP contribution in [-0.2, 0) is 13.7 Å². The second-order valence-electron chi connectivity index (χ2n) is 4.44. The van der Waals surface area contributed by atoms with Gasteiger partial charge in [-0.05, 0) is 17.5 Å². The van der Waals surface area contributed by atoms with Gasteiger partial charge in [0, 0.05) is 19.4 Å². The first-order chi connectivity index (χ1) is 8.18. The molecular formula is C14H18N2O. The highest BCUT2D eigenvalue weighted by Crippen LogP contribution is 2.26. The Morgan fingerprint density at radius 3 is 2.71 bits per heavy atom. The van der Waals surface area contributed by atoms with E-state index in [2.05, 4.69) is 24.9 Å². The summed E-state index contributed by atoms with van der Waals surface area (Å²) >= 11 is 0. The van der Waals surface area contributed by atoms with Crippen LogP contribution in [0.2, 0.25) is 0 Å². The first-order valence-electron chi connectivity index (χ1n) is 5.86. The number of aryl methyl sites for hydroxylation is 1. The molecule has 90 valence electrons. The van der Waals surface area contributed by atoms with Crippen LogP contribution in [-0.4, -0.2) is 9.55 Å². The third-order valence-corrected chi connectivity index (χ3v) is 2.82. The van der Waals surface area contributed by atoms with Crippen LogP contribution in [0.15, 0.2) is 36.7 Å². The van der Waals surface area contributed by atoms with Crippen LogP contribution in [0.3, 0.4) is 0 Å². The van der Waals surface area contributed by atoms with Gasteiger partial charge >= 0.3 is 0 Å². The largest absolute Gasteiger partial charge is 0.485 e. The van der Waals surface area contributed by atoms with Crippen LogP contribution >= 0.6 is 0 Å². The third kappa shape index (κ3) is 2.67. The topological polar surface area (TPSA) is 27.1 Å². The third-order valence-electron chi connectivity index (χ3n) is 2.82. The molecule has 0 aliphatic heterocycles. The molecule has 0 bridgehead atoms. The van der Waals surface area contributed by atoms with Gasteiger partial charge in [0.25, 0.3) is 0 Å². The second kappa shape index (κ2) is 5.04. The number of benzene rings is 1. The van der Waals surface area contributed by atoms with Gasteiger partial charge in [-0.1, -0.05) is 32.0 Å². The van der Waals surface area contributed by atoms with Gasteiger partial charge in [0.2, 0.25) is 0 Å². The normalized spacial score (nSPS) is 10.8. The van der Waals surface area contributed by atoms with Gasteiger partial charge in [0.1, 0.15) is 18.2 Å². The van der Waals surface area contributed by atoms with Crippen molar-refractivity contribution >= 4 is 0 Å². The fourth-order valence-electron chi connectivity index (χ4n) is 1.77. The summed E-state index contributed by atoms with van der Waals surface area (Å²) in [5.41, 5.74) is 1.24. The predicted octanol–water partition coefficient (Wildman–Crippen LogP) is 3.12. The Morgan fingerprint density at radius 2 is 2.06 bits per heavy atom. The minimum Gasteiger partial charge on any atom is -0.485 e. The molecule has 0 spiro atoms. The van der Waals surface area contributed by atoms with Gasteiger partial charge in [0.15, 0.2) is 0 Å². The van der Waals surface area contributed by atoms with Crippen molar-refractivity contribution in [3.63, 3.8) is 0 Å². The monoisotopic (exact) mass is 230 g/mol. The molecule has 0 atom stereocenters. The predicted molar refractivity (Wildman–Crippen MR) is 68.1 cm³/mol. The highest BCUT2D eigenvalue weighted by Gasteiger charge is 2.07. The first kappa shape index (κ1) is 11.7. The number of hydrogen-bond acceptors (Lipinski definition) is 2. The highest BCUT2D eigenvalue weighted by molar-refractivity contribution is 5.35. The molecule has 2 aromatic rings. The average molecular weight is 230 g/mol. The maximum atomic E-state index is 5.84. The molecule has 0 saturated heterocycles. The van der Waals surface area contributed by atoms with Crippen LogP contribution in [0, 0.1) is 0 Å². The lowest BCUT2D eigenvalue weighted by Crippen LogP contribution is -2.04. The van der Waals surface area contributed by atoms with Crippen molar-refractivity contribution in [2.75, 3.05) is 0 Å². The van der Waals surface area contributed by atoms with E-state index in [1.54, 1.807) is 6.20 Å². The van der Waals surface area contributed by atoms with Crippen molar-refractivity contribution in [1.29, 1.82) is 0 Å². The molecule has 0 aliphatic rings. The molecule has 3 nitrogen and oxygen atoms in total. The second-order valence-corrected chi connectivity index (χ2v) is 4.44. The van der Waals surface area contributed by atoms with Crippen molar-refractivity contribution in [3.8, 4) is 5.75 Å². The maximum absolute atomic E-state index is 5.84. The molecule has 0 aliphatic carbocycles. The minimum absolute atomic E-state index is 0.465. The standard InChI is InChI=1S/C14H18N2O/c1-11(2)12-6-4-5-7-13(12)17-10-14-15-8-9-16(14)3/h4-9,11H,10H2,1-3H3. The van der Waals surface area contributed by atoms with Gasteiger partial charge in [-0.2, -0.15) is 0 Å². The molecule has 1 heterocycles. The average Bonchev–Trinajstić information content (AvgIpc) is 2.72. The lowest BCUT2D eigenvalue weighted by molar-refractivity contribution is 0.288. The number of hydrogen-bond donors (Lipinski definition) is 0. The summed E-state index contributed by atoms with van der Waals surface area (Å²) < 4.78 is 7.81. The van der Waals surface area contributed by atoms with Crippen LogP contribution in [0.1, 0.15) is 31.2 Å². The van der Waals surface area contributed by atoms with Crippen LogP contribution in [0.25, 0.3) is 0 Å². The molecule has 3 heteroatoms. The summed E-state index contributed by atoms with van der Waals surface area (Å²) in [6.45, 7) is 4.85. The van der Waals surface area contributed by atoms with Gasteiger partial charge < -0.3 is 9.30 Å². The zero-order valence-corrected chi connectivity index (χ0v) is 10.6. The Kier molecular flexibility index (Phi) is 3.47. The highest BCUT2D eigenvalue weighted by atomic mass is 16.5. The molecule has 0 radical (unpaired) electrons. The molecule has 1 aromatic carbocycles. The minimum atomic E-state index is 0.465. The van der Waals surface area contributed by atoms with Crippen molar-refractivity contribution in [3.05, 3.63) is 48.0 Å². The van der Waals surface area contributed by atoms with Gasteiger partial charge in [-0.25, -0.2) is 4.98 Å². The molecule has 1 aromatic heterocycles. The van der Waals surface area contributed by atoms with Gasteiger partial charge in [0.05, 0.1) is 0 Å². The number of para-hydroxylation sites is 1. The molecule has 0 unspecified atom stereocenters. The van der Waals surface area contributed by atoms with E-state index in [1.807, 2.05) is 36.0 Å². The summed E-state index contributed by atoms with van der Waals surface area (Å²) in [5, 5.41) is 0. The zero-order chi connectivity index (χ0) is 12.3. The quantitative estimate of drug-likeness (QED) is 0.807. The Labute approximate surface area is 102 Å². The summed E-state index contributed by atoms with van der Waals surface area (Å²) in [7, 11) is 1.97. The van der Waals surface area contributed by atoms with Crippen molar-refractivity contribution < 1.29 is 4.74 Å². The fraction of sp³-hybridized carbons (Fsp3) is 0.357. The molecule has 0 N–H and O–H groups in total. The maximum Gasteiger partial charge on any atom is 0.146 e. The number of nitrogens with zero attached hydrogens (tertiary/aromatic N) is 2. The Hall–Kier alpha value is -1.77. The summed E-state index contributed by atoms with van der Waals surface area (Å²) in [6, 6.07) is 8.17. The number of imidazole rings is 1. The van der Waals surface area contributed by atoms with Crippen molar-refractivity contribution in [2.45, 2.75) is 26.4 Å². The SMILES string of the molecule is CC(C)c1ccccc1OCc1nccn1C. The summed E-state index contributed by atoms with van der Waals surface area (Å²) in [6.07, 6.45) is 3.71. The first-order valence-corrected chi connectivity index (χ1v) is 5.86. The van der Waals surface area contributed by atoms with Gasteiger partial charge in [-0.3, -0.25) is 0 Å². The lowest BCUT2D eigenvalue weighted by Gasteiger charge is -2.13. The van der Waals surface area contributed by atoms with E-state index in [0.29, 0.717) is 12.5 Å². The van der Waals surface area contributed by atoms with E-state index in [-0.39, 0.29) is 0 Å². The Balaban J connectivity index is 2.11. The fourth-order valence-corrected chi connectivity index (χ4v) is 1.77. The molecular weight excluding hydrogens is 212 g/mol. The van der Waals surface area contributed by atoms with E-state index in [9.17, 15) is 0 Å². The molecule has 2 rings (SSSR count). The molecule has 17 heavy (non-hydrogen) atoms. The van der Waals surface area contributed by atoms with E-state index in [4.69, 9.17) is 4.74 Å². The summed E-state index contributed by atoms with van der Waals surface area (Å²) in [5.74, 6) is 2.35. The van der Waals surface area contributed by atoms with Crippen molar-refractivity contribution in [1.82, 2.24) is 9.55 Å². The van der Waals surface area contributed by atoms with Crippen LogP contribution < -0.4 is 4.74 Å². The molecule has 0 amide bonds. The number of ether oxygens (including phenoxy) is 1. The van der Waals surface area contributed by atoms with Crippen LogP contribution in [0.5, 0.6) is 5.75 Å². The molecule has 0 saturated carbocycles. The summed E-state index contributed by atoms with van der Waals surface area (Å²) in [4.78, 5) is 4.24. The van der Waals surface area contributed by atoms with E-state index in [0.717, 1.165) is 11.6 Å². The van der Waals surface area contributed by atoms with Crippen molar-refractivity contribution in [2.24, 2.45) is 7.05 Å². The zero-order valence-electron chi connectivity index (χ0n) is 10.6. The van der Waals surface area contributed by atoms with E-state index < -0.39 is 0 Å². The van der Waals surface area contributed by atoms with Crippen LogP contribution in [0.4, 0.5) is 0 Å². The Morgan fingerprint density at radius 1 is 1.29 bits per heavy atom. The lowest BCUT2D eigenvalue weighted by atomic mass is 10.0. The number of rotatable bonds is 4. The van der Waals surface area contributed by atoms with E-state index in [1.165, 1.54) is 5.56 Å². The Bertz CT molecular complexity index is 488. The van der Waals surface area contributed by atoms with Gasteiger partial charge in [-0.15, -0.1) is 0 Å². The number of aromatic nitrogens is 2. The van der Waals surface area contributed by atoms with E-state index >= 15 is 0 Å². The smallest absolute Gasteiger partial charge is 0.146 e.